The van der Waals surface area contributed by atoms with Crippen molar-refractivity contribution in [2.75, 3.05) is 0 Å². The molecule has 16 heavy (non-hydrogen) atoms. The smallest absolute Gasteiger partial charge is 0.108 e. The van der Waals surface area contributed by atoms with Crippen LogP contribution >= 0.6 is 0 Å². The van der Waals surface area contributed by atoms with Gasteiger partial charge in [-0.3, -0.25) is 4.68 Å². The maximum atomic E-state index is 8.71. The Morgan fingerprint density at radius 1 is 1.19 bits per heavy atom. The van der Waals surface area contributed by atoms with Crippen molar-refractivity contribution >= 4 is 0 Å². The first-order chi connectivity index (χ1) is 7.86. The van der Waals surface area contributed by atoms with Gasteiger partial charge in [-0.15, -0.1) is 5.10 Å². The third kappa shape index (κ3) is 8.41. The number of aromatic nitrogens is 3. The summed E-state index contributed by atoms with van der Waals surface area (Å²) in [7, 11) is 0. The van der Waals surface area contributed by atoms with Crippen LogP contribution in [-0.4, -0.2) is 20.1 Å². The second-order valence-electron chi connectivity index (χ2n) is 2.84. The van der Waals surface area contributed by atoms with Gasteiger partial charge in [0.1, 0.15) is 5.69 Å². The van der Waals surface area contributed by atoms with E-state index in [1.165, 1.54) is 12.8 Å². The minimum Gasteiger partial charge on any atom is -0.390 e. The number of nitrogens with zero attached hydrogens (tertiary/aromatic N) is 3. The maximum absolute atomic E-state index is 8.71. The van der Waals surface area contributed by atoms with Gasteiger partial charge in [-0.25, -0.2) is 0 Å². The third-order valence-electron chi connectivity index (χ3n) is 1.74. The molecule has 0 saturated carbocycles. The van der Waals surface area contributed by atoms with E-state index in [9.17, 15) is 0 Å². The van der Waals surface area contributed by atoms with Gasteiger partial charge in [-0.2, -0.15) is 0 Å². The minimum absolute atomic E-state index is 0.0201. The summed E-state index contributed by atoms with van der Waals surface area (Å²) in [6.07, 6.45) is 5.34. The molecule has 4 heteroatoms. The Morgan fingerprint density at radius 2 is 1.81 bits per heavy atom. The Labute approximate surface area is 99.7 Å². The molecule has 96 valence electrons. The highest BCUT2D eigenvalue weighted by atomic mass is 16.3. The highest BCUT2D eigenvalue weighted by molar-refractivity contribution is 4.88. The van der Waals surface area contributed by atoms with E-state index < -0.39 is 0 Å². The number of hydrogen-bond acceptors (Lipinski definition) is 3. The van der Waals surface area contributed by atoms with Crippen LogP contribution in [0.4, 0.5) is 0 Å². The summed E-state index contributed by atoms with van der Waals surface area (Å²) in [5.41, 5.74) is 0.645. The average molecular weight is 229 g/mol. The van der Waals surface area contributed by atoms with Gasteiger partial charge in [0.25, 0.3) is 0 Å². The molecule has 0 bridgehead atoms. The van der Waals surface area contributed by atoms with Crippen LogP contribution in [0, 0.1) is 0 Å². The van der Waals surface area contributed by atoms with Gasteiger partial charge in [-0.1, -0.05) is 52.7 Å². The molecule has 0 aliphatic rings. The van der Waals surface area contributed by atoms with Crippen molar-refractivity contribution in [1.29, 1.82) is 0 Å². The second-order valence-corrected chi connectivity index (χ2v) is 2.84. The second kappa shape index (κ2) is 14.1. The number of rotatable bonds is 5. The van der Waals surface area contributed by atoms with E-state index in [1.807, 2.05) is 27.7 Å². The van der Waals surface area contributed by atoms with Gasteiger partial charge >= 0.3 is 0 Å². The largest absolute Gasteiger partial charge is 0.390 e. The topological polar surface area (TPSA) is 50.9 Å². The highest BCUT2D eigenvalue weighted by Gasteiger charge is 1.97. The number of hydrogen-bond donors (Lipinski definition) is 1. The molecule has 4 nitrogen and oxygen atoms in total. The van der Waals surface area contributed by atoms with Crippen molar-refractivity contribution in [2.24, 2.45) is 0 Å². The fourth-order valence-corrected chi connectivity index (χ4v) is 1.04. The first-order valence-electron chi connectivity index (χ1n) is 6.36. The van der Waals surface area contributed by atoms with Crippen LogP contribution in [0.5, 0.6) is 0 Å². The summed E-state index contributed by atoms with van der Waals surface area (Å²) in [5, 5.41) is 16.3. The van der Waals surface area contributed by atoms with Gasteiger partial charge in [-0.05, 0) is 6.42 Å². The van der Waals surface area contributed by atoms with Crippen LogP contribution in [0.1, 0.15) is 59.6 Å². The Morgan fingerprint density at radius 3 is 2.25 bits per heavy atom. The fraction of sp³-hybridized carbons (Fsp3) is 0.833. The summed E-state index contributed by atoms with van der Waals surface area (Å²) in [5.74, 6) is 0. The van der Waals surface area contributed by atoms with E-state index in [4.69, 9.17) is 5.11 Å². The molecule has 1 heterocycles. The lowest BCUT2D eigenvalue weighted by atomic mass is 10.2. The standard InChI is InChI=1S/C8H15N3O.2C2H6/c1-2-3-4-5-11-6-8(7-12)9-10-11;2*1-2/h6,12H,2-5,7H2,1H3;2*1-2H3. The molecule has 0 aliphatic heterocycles. The average Bonchev–Trinajstić information content (AvgIpc) is 2.83. The summed E-state index contributed by atoms with van der Waals surface area (Å²) in [6, 6.07) is 0. The molecule has 0 atom stereocenters. The highest BCUT2D eigenvalue weighted by Crippen LogP contribution is 1.98. The van der Waals surface area contributed by atoms with Gasteiger partial charge in [0.15, 0.2) is 0 Å². The summed E-state index contributed by atoms with van der Waals surface area (Å²) in [6.45, 7) is 11.1. The van der Waals surface area contributed by atoms with Crippen molar-refractivity contribution in [3.05, 3.63) is 11.9 Å². The minimum atomic E-state index is -0.0201. The zero-order chi connectivity index (χ0) is 12.8. The quantitative estimate of drug-likeness (QED) is 0.790. The van der Waals surface area contributed by atoms with E-state index in [0.29, 0.717) is 5.69 Å². The molecule has 0 amide bonds. The molecule has 0 saturated heterocycles. The Kier molecular flexibility index (Phi) is 15.4. The van der Waals surface area contributed by atoms with Crippen molar-refractivity contribution in [1.82, 2.24) is 15.0 Å². The van der Waals surface area contributed by atoms with Crippen molar-refractivity contribution in [3.8, 4) is 0 Å². The molecular formula is C12H27N3O. The molecule has 0 fully saturated rings. The predicted molar refractivity (Wildman–Crippen MR) is 68.2 cm³/mol. The first-order valence-corrected chi connectivity index (χ1v) is 6.36. The third-order valence-corrected chi connectivity index (χ3v) is 1.74. The maximum Gasteiger partial charge on any atom is 0.108 e. The molecule has 1 aromatic rings. The van der Waals surface area contributed by atoms with Crippen molar-refractivity contribution in [3.63, 3.8) is 0 Å². The molecule has 0 radical (unpaired) electrons. The molecule has 0 aromatic carbocycles. The van der Waals surface area contributed by atoms with Gasteiger partial charge in [0.05, 0.1) is 12.8 Å². The van der Waals surface area contributed by atoms with Crippen LogP contribution in [0.3, 0.4) is 0 Å². The normalized spacial score (nSPS) is 8.62. The van der Waals surface area contributed by atoms with Crippen LogP contribution in [0.25, 0.3) is 0 Å². The number of aliphatic hydroxyl groups is 1. The summed E-state index contributed by atoms with van der Waals surface area (Å²) in [4.78, 5) is 0. The van der Waals surface area contributed by atoms with Crippen LogP contribution < -0.4 is 0 Å². The van der Waals surface area contributed by atoms with E-state index in [0.717, 1.165) is 13.0 Å². The number of unbranched alkanes of at least 4 members (excludes halogenated alkanes) is 2. The monoisotopic (exact) mass is 229 g/mol. The molecule has 1 N–H and O–H groups in total. The first kappa shape index (κ1) is 17.5. The Balaban J connectivity index is 0. The van der Waals surface area contributed by atoms with Crippen LogP contribution in [-0.2, 0) is 13.2 Å². The van der Waals surface area contributed by atoms with E-state index in [2.05, 4.69) is 17.2 Å². The van der Waals surface area contributed by atoms with E-state index in [1.54, 1.807) is 10.9 Å². The van der Waals surface area contributed by atoms with E-state index >= 15 is 0 Å². The van der Waals surface area contributed by atoms with Gasteiger partial charge in [0.2, 0.25) is 0 Å². The predicted octanol–water partition coefficient (Wildman–Crippen LogP) is 3.01. The fourth-order valence-electron chi connectivity index (χ4n) is 1.04. The van der Waals surface area contributed by atoms with Gasteiger partial charge < -0.3 is 5.11 Å². The Bertz CT molecular complexity index is 224. The number of aryl methyl sites for hydroxylation is 1. The van der Waals surface area contributed by atoms with Gasteiger partial charge in [0, 0.05) is 6.54 Å². The van der Waals surface area contributed by atoms with Crippen LogP contribution in [0.15, 0.2) is 6.20 Å². The van der Waals surface area contributed by atoms with Crippen LogP contribution in [0.2, 0.25) is 0 Å². The molecule has 1 rings (SSSR count). The summed E-state index contributed by atoms with van der Waals surface area (Å²) >= 11 is 0. The van der Waals surface area contributed by atoms with Crippen molar-refractivity contribution < 1.29 is 5.11 Å². The lowest BCUT2D eigenvalue weighted by Gasteiger charge is -1.96. The lowest BCUT2D eigenvalue weighted by Crippen LogP contribution is -1.98. The van der Waals surface area contributed by atoms with E-state index in [-0.39, 0.29) is 6.61 Å². The zero-order valence-corrected chi connectivity index (χ0v) is 11.4. The van der Waals surface area contributed by atoms with Crippen molar-refractivity contribution in [2.45, 2.75) is 67.0 Å². The number of aliphatic hydroxyl groups excluding tert-OH is 1. The molecule has 0 spiro atoms. The SMILES string of the molecule is CC.CC.CCCCCn1cc(CO)nn1. The zero-order valence-electron chi connectivity index (χ0n) is 11.4. The lowest BCUT2D eigenvalue weighted by molar-refractivity contribution is 0.276. The molecule has 0 unspecified atom stereocenters. The molecule has 1 aromatic heterocycles. The Hall–Kier alpha value is -0.900. The molecule has 0 aliphatic carbocycles. The molecular weight excluding hydrogens is 202 g/mol. The summed E-state index contributed by atoms with van der Waals surface area (Å²) < 4.78 is 1.78.